The van der Waals surface area contributed by atoms with Gasteiger partial charge >= 0.3 is 18.3 Å². The number of hydrogen-bond acceptors (Lipinski definition) is 4. The fourth-order valence-corrected chi connectivity index (χ4v) is 3.60. The van der Waals surface area contributed by atoms with Gasteiger partial charge in [0.1, 0.15) is 6.61 Å². The highest BCUT2D eigenvalue weighted by Crippen LogP contribution is 2.37. The second-order valence-corrected chi connectivity index (χ2v) is 8.38. The largest absolute Gasteiger partial charge is 0.465 e. The van der Waals surface area contributed by atoms with E-state index in [-0.39, 0.29) is 24.6 Å². The normalized spacial score (nSPS) is 12.6. The van der Waals surface area contributed by atoms with Crippen molar-refractivity contribution in [1.29, 1.82) is 0 Å². The van der Waals surface area contributed by atoms with Gasteiger partial charge in [-0.1, -0.05) is 30.3 Å². The van der Waals surface area contributed by atoms with Gasteiger partial charge in [0.15, 0.2) is 9.84 Å². The summed E-state index contributed by atoms with van der Waals surface area (Å²) in [7, 11) is -4.57. The smallest absolute Gasteiger partial charge is 0.416 e. The van der Waals surface area contributed by atoms with E-state index in [1.165, 1.54) is 0 Å². The Morgan fingerprint density at radius 1 is 0.867 bits per heavy atom. The minimum absolute atomic E-state index is 0.0636. The maximum Gasteiger partial charge on any atom is 0.416 e. The van der Waals surface area contributed by atoms with Gasteiger partial charge in [0.05, 0.1) is 21.8 Å². The van der Waals surface area contributed by atoms with Crippen LogP contribution in [0.15, 0.2) is 53.4 Å². The molecule has 0 aliphatic carbocycles. The van der Waals surface area contributed by atoms with Crippen LogP contribution in [-0.4, -0.2) is 26.7 Å². The highest BCUT2D eigenvalue weighted by molar-refractivity contribution is 7.91. The molecule has 4 nitrogen and oxygen atoms in total. The number of carbonyl (C=O) groups is 1. The predicted octanol–water partition coefficient (Wildman–Crippen LogP) is 4.67. The third-order valence-corrected chi connectivity index (χ3v) is 5.65. The molecular weight excluding hydrogens is 438 g/mol. The van der Waals surface area contributed by atoms with E-state index < -0.39 is 56.5 Å². The minimum atomic E-state index is -5.17. The van der Waals surface area contributed by atoms with Crippen LogP contribution < -0.4 is 0 Å². The van der Waals surface area contributed by atoms with Crippen LogP contribution in [0.3, 0.4) is 0 Å². The summed E-state index contributed by atoms with van der Waals surface area (Å²) in [5.41, 5.74) is -2.64. The van der Waals surface area contributed by atoms with E-state index in [0.29, 0.717) is 6.42 Å². The zero-order chi connectivity index (χ0) is 22.6. The second-order valence-electron chi connectivity index (χ2n) is 6.27. The van der Waals surface area contributed by atoms with Crippen LogP contribution in [0.4, 0.5) is 26.3 Å². The molecule has 2 aromatic carbocycles. The van der Waals surface area contributed by atoms with Gasteiger partial charge in [-0.05, 0) is 30.2 Å². The molecule has 0 atom stereocenters. The van der Waals surface area contributed by atoms with E-state index in [9.17, 15) is 39.6 Å². The zero-order valence-corrected chi connectivity index (χ0v) is 16.1. The summed E-state index contributed by atoms with van der Waals surface area (Å²) < 4.78 is 106. The molecular formula is C19H16F6O4S. The Morgan fingerprint density at radius 2 is 1.40 bits per heavy atom. The molecule has 0 radical (unpaired) electrons. The second kappa shape index (κ2) is 9.07. The first-order valence-electron chi connectivity index (χ1n) is 8.51. The van der Waals surface area contributed by atoms with Crippen molar-refractivity contribution in [2.45, 2.75) is 30.1 Å². The molecule has 0 aromatic heterocycles. The Labute approximate surface area is 168 Å². The molecule has 2 aromatic rings. The average Bonchev–Trinajstić information content (AvgIpc) is 2.65. The van der Waals surface area contributed by atoms with Crippen molar-refractivity contribution in [3.05, 3.63) is 65.2 Å². The van der Waals surface area contributed by atoms with Crippen molar-refractivity contribution in [3.8, 4) is 0 Å². The van der Waals surface area contributed by atoms with Crippen LogP contribution in [0, 0.1) is 0 Å². The number of aryl methyl sites for hydroxylation is 1. The van der Waals surface area contributed by atoms with E-state index in [1.807, 2.05) is 0 Å². The van der Waals surface area contributed by atoms with Crippen molar-refractivity contribution in [2.75, 3.05) is 12.4 Å². The minimum Gasteiger partial charge on any atom is -0.465 e. The first kappa shape index (κ1) is 23.7. The fourth-order valence-electron chi connectivity index (χ4n) is 2.45. The number of esters is 1. The summed E-state index contributed by atoms with van der Waals surface area (Å²) in [6.45, 7) is -0.701. The lowest BCUT2D eigenvalue weighted by Crippen LogP contribution is -2.18. The molecule has 2 rings (SSSR count). The summed E-state index contributed by atoms with van der Waals surface area (Å²) in [4.78, 5) is 10.5. The quantitative estimate of drug-likeness (QED) is 0.451. The lowest BCUT2D eigenvalue weighted by atomic mass is 10.1. The molecule has 0 fully saturated rings. The first-order valence-corrected chi connectivity index (χ1v) is 10.2. The average molecular weight is 454 g/mol. The van der Waals surface area contributed by atoms with Gasteiger partial charge in [0.25, 0.3) is 0 Å². The molecule has 0 aliphatic rings. The van der Waals surface area contributed by atoms with Crippen molar-refractivity contribution < 1.29 is 44.3 Å². The van der Waals surface area contributed by atoms with Crippen molar-refractivity contribution >= 4 is 15.8 Å². The lowest BCUT2D eigenvalue weighted by Gasteiger charge is -2.14. The number of benzene rings is 2. The summed E-state index contributed by atoms with van der Waals surface area (Å²) >= 11 is 0. The summed E-state index contributed by atoms with van der Waals surface area (Å²) in [6.07, 6.45) is -10.1. The van der Waals surface area contributed by atoms with E-state index in [1.54, 1.807) is 30.3 Å². The molecule has 0 bridgehead atoms. The molecule has 0 spiro atoms. The summed E-state index contributed by atoms with van der Waals surface area (Å²) in [6, 6.07) is 8.93. The summed E-state index contributed by atoms with van der Waals surface area (Å²) in [5, 5.41) is 0. The monoisotopic (exact) mass is 454 g/mol. The number of sulfone groups is 1. The third kappa shape index (κ3) is 6.75. The van der Waals surface area contributed by atoms with Crippen LogP contribution in [0.5, 0.6) is 0 Å². The van der Waals surface area contributed by atoms with Crippen LogP contribution in [0.25, 0.3) is 0 Å². The molecule has 0 heterocycles. The maximum absolute atomic E-state index is 12.9. The molecule has 0 saturated heterocycles. The van der Waals surface area contributed by atoms with Crippen LogP contribution >= 0.6 is 0 Å². The highest BCUT2D eigenvalue weighted by atomic mass is 32.2. The first-order chi connectivity index (χ1) is 13.8. The Bertz CT molecular complexity index is 950. The highest BCUT2D eigenvalue weighted by Gasteiger charge is 2.38. The van der Waals surface area contributed by atoms with Crippen LogP contribution in [0.2, 0.25) is 0 Å². The Kier molecular flexibility index (Phi) is 7.17. The maximum atomic E-state index is 12.9. The van der Waals surface area contributed by atoms with Crippen LogP contribution in [0.1, 0.15) is 23.1 Å². The number of alkyl halides is 6. The number of ether oxygens (including phenoxy) is 1. The molecule has 0 N–H and O–H groups in total. The van der Waals surface area contributed by atoms with Gasteiger partial charge in [-0.25, -0.2) is 8.42 Å². The van der Waals surface area contributed by atoms with Gasteiger partial charge in [0.2, 0.25) is 0 Å². The van der Waals surface area contributed by atoms with E-state index in [2.05, 4.69) is 0 Å². The van der Waals surface area contributed by atoms with Gasteiger partial charge in [0, 0.05) is 6.42 Å². The van der Waals surface area contributed by atoms with Crippen LogP contribution in [-0.2, 0) is 38.1 Å². The molecule has 0 aliphatic heterocycles. The van der Waals surface area contributed by atoms with E-state index in [0.717, 1.165) is 5.56 Å². The Balaban J connectivity index is 2.06. The molecule has 11 heteroatoms. The van der Waals surface area contributed by atoms with Gasteiger partial charge in [-0.3, -0.25) is 4.79 Å². The van der Waals surface area contributed by atoms with E-state index >= 15 is 0 Å². The zero-order valence-electron chi connectivity index (χ0n) is 15.3. The number of halogens is 6. The molecule has 0 amide bonds. The SMILES string of the molecule is O=C(CCc1ccccc1)OCCS(=O)(=O)c1cc(C(F)(F)F)cc(C(F)(F)F)c1. The molecule has 30 heavy (non-hydrogen) atoms. The third-order valence-electron chi connectivity index (χ3n) is 4.00. The number of carbonyl (C=O) groups excluding carboxylic acids is 1. The predicted molar refractivity (Wildman–Crippen MR) is 94.2 cm³/mol. The lowest BCUT2D eigenvalue weighted by molar-refractivity contribution is -0.144. The van der Waals surface area contributed by atoms with Gasteiger partial charge < -0.3 is 4.74 Å². The topological polar surface area (TPSA) is 60.4 Å². The van der Waals surface area contributed by atoms with Gasteiger partial charge in [-0.15, -0.1) is 0 Å². The molecule has 0 unspecified atom stereocenters. The van der Waals surface area contributed by atoms with Crippen molar-refractivity contribution in [3.63, 3.8) is 0 Å². The summed E-state index contributed by atoms with van der Waals surface area (Å²) in [5.74, 6) is -1.70. The van der Waals surface area contributed by atoms with Gasteiger partial charge in [-0.2, -0.15) is 26.3 Å². The number of hydrogen-bond donors (Lipinski definition) is 0. The molecule has 164 valence electrons. The van der Waals surface area contributed by atoms with Crippen molar-refractivity contribution in [2.24, 2.45) is 0 Å². The Hall–Kier alpha value is -2.56. The van der Waals surface area contributed by atoms with Crippen molar-refractivity contribution in [1.82, 2.24) is 0 Å². The fraction of sp³-hybridized carbons (Fsp3) is 0.316. The molecule has 0 saturated carbocycles. The standard InChI is InChI=1S/C19H16F6O4S/c20-18(21,22)14-10-15(19(23,24)25)12-16(11-14)30(27,28)9-8-29-17(26)7-6-13-4-2-1-3-5-13/h1-5,10-12H,6-9H2. The van der Waals surface area contributed by atoms with E-state index in [4.69, 9.17) is 4.74 Å². The Morgan fingerprint density at radius 3 is 1.90 bits per heavy atom. The number of rotatable bonds is 7.